The van der Waals surface area contributed by atoms with Crippen LogP contribution < -0.4 is 0 Å². The number of nitrogens with zero attached hydrogens (tertiary/aromatic N) is 2. The summed E-state index contributed by atoms with van der Waals surface area (Å²) >= 11 is 0. The molecule has 0 aliphatic rings. The van der Waals surface area contributed by atoms with Crippen LogP contribution in [0.15, 0.2) is 0 Å². The molecule has 0 unspecified atom stereocenters. The third-order valence-corrected chi connectivity index (χ3v) is 0. The molecule has 8 nitrogen and oxygen atoms in total. The van der Waals surface area contributed by atoms with E-state index >= 15 is 0 Å². The van der Waals surface area contributed by atoms with Gasteiger partial charge in [-0.3, -0.25) is 0 Å². The maximum Gasteiger partial charge on any atom is 2.00 e. The van der Waals surface area contributed by atoms with Gasteiger partial charge >= 0.3 is 22.4 Å². The Morgan fingerprint density at radius 1 is 0.778 bits per heavy atom. The topological polar surface area (TPSA) is 132 Å². The molecule has 0 aromatic carbocycles. The molecule has 1 radical (unpaired) electrons. The Bertz CT molecular complexity index is 69.1. The average Bonchev–Trinajstić information content (AvgIpc) is 1.25. The van der Waals surface area contributed by atoms with Gasteiger partial charge in [0.15, 0.2) is 0 Å². The zero-order valence-electron chi connectivity index (χ0n) is 3.79. The molecule has 0 fully saturated rings. The van der Waals surface area contributed by atoms with Crippen molar-refractivity contribution < 1.29 is 32.6 Å². The van der Waals surface area contributed by atoms with Gasteiger partial charge in [0.05, 0.1) is 10.2 Å². The number of rotatable bonds is 0. The van der Waals surface area contributed by atoms with Crippen LogP contribution in [0.4, 0.5) is 0 Å². The van der Waals surface area contributed by atoms with Gasteiger partial charge in [-0.15, -0.1) is 0 Å². The van der Waals surface area contributed by atoms with E-state index in [1.165, 1.54) is 0 Å². The molecule has 0 spiro atoms. The van der Waals surface area contributed by atoms with E-state index in [-0.39, 0.29) is 22.4 Å². The predicted octanol–water partition coefficient (Wildman–Crippen LogP) is -0.481. The van der Waals surface area contributed by atoms with E-state index in [1.54, 1.807) is 0 Å². The van der Waals surface area contributed by atoms with Crippen molar-refractivity contribution in [2.45, 2.75) is 0 Å². The van der Waals surface area contributed by atoms with Crippen molar-refractivity contribution in [1.29, 1.82) is 0 Å². The van der Waals surface area contributed by atoms with Crippen molar-refractivity contribution in [3.05, 3.63) is 30.6 Å². The number of hydrogen-bond donors (Lipinski definition) is 0. The summed E-state index contributed by atoms with van der Waals surface area (Å²) in [6, 6.07) is 0. The predicted molar refractivity (Wildman–Crippen MR) is 20.7 cm³/mol. The van der Waals surface area contributed by atoms with Crippen LogP contribution >= 0.6 is 0 Å². The standard InChI is InChI=1S/2NO3.Nb/c2*2-1(3)4;/q2*-1;+2. The molecular weight excluding hydrogens is 217 g/mol. The van der Waals surface area contributed by atoms with E-state index in [4.69, 9.17) is 30.6 Å². The largest absolute Gasteiger partial charge is 2.00 e. The Balaban J connectivity index is -0.0000000720. The molecule has 0 N–H and O–H groups in total. The molecule has 0 saturated carbocycles. The summed E-state index contributed by atoms with van der Waals surface area (Å²) in [5.41, 5.74) is 0. The van der Waals surface area contributed by atoms with E-state index in [1.807, 2.05) is 0 Å². The van der Waals surface area contributed by atoms with E-state index in [0.717, 1.165) is 0 Å². The van der Waals surface area contributed by atoms with Crippen molar-refractivity contribution >= 4 is 0 Å². The van der Waals surface area contributed by atoms with Gasteiger partial charge in [0, 0.05) is 0 Å². The molecule has 0 aromatic rings. The minimum atomic E-state index is -1.75. The molecule has 0 aliphatic carbocycles. The van der Waals surface area contributed by atoms with Gasteiger partial charge in [0.25, 0.3) is 0 Å². The first-order valence-corrected chi connectivity index (χ1v) is 1.10. The average molecular weight is 217 g/mol. The summed E-state index contributed by atoms with van der Waals surface area (Å²) in [7, 11) is 0. The van der Waals surface area contributed by atoms with Crippen LogP contribution in [0.2, 0.25) is 0 Å². The fourth-order valence-corrected chi connectivity index (χ4v) is 0. The van der Waals surface area contributed by atoms with Crippen molar-refractivity contribution in [2.75, 3.05) is 0 Å². The third-order valence-electron chi connectivity index (χ3n) is 0. The Kier molecular flexibility index (Phi) is 17.8. The Labute approximate surface area is 63.8 Å². The first kappa shape index (κ1) is 15.7. The van der Waals surface area contributed by atoms with E-state index in [9.17, 15) is 0 Å². The smallest absolute Gasteiger partial charge is 0.356 e. The van der Waals surface area contributed by atoms with Crippen LogP contribution in [0, 0.1) is 30.6 Å². The van der Waals surface area contributed by atoms with Gasteiger partial charge in [-0.2, -0.15) is 0 Å². The molecule has 51 valence electrons. The maximum absolute atomic E-state index is 8.25. The summed E-state index contributed by atoms with van der Waals surface area (Å²) in [6.45, 7) is 0. The Hall–Kier alpha value is -0.860. The normalized spacial score (nSPS) is 5.33. The second-order valence-corrected chi connectivity index (χ2v) is 0.447. The summed E-state index contributed by atoms with van der Waals surface area (Å²) in [6.07, 6.45) is 0. The number of hydrogen-bond acceptors (Lipinski definition) is 6. The summed E-state index contributed by atoms with van der Waals surface area (Å²) < 4.78 is 0. The van der Waals surface area contributed by atoms with Crippen LogP contribution in [0.3, 0.4) is 0 Å². The molecule has 0 atom stereocenters. The van der Waals surface area contributed by atoms with Gasteiger partial charge in [-0.05, 0) is 0 Å². The summed E-state index contributed by atoms with van der Waals surface area (Å²) in [5.74, 6) is 0. The SMILES string of the molecule is O=[N+]([O-])[O-].O=[N+]([O-])[O-].[Nb+2]. The van der Waals surface area contributed by atoms with Crippen LogP contribution in [-0.4, -0.2) is 10.2 Å². The van der Waals surface area contributed by atoms with E-state index < -0.39 is 10.2 Å². The van der Waals surface area contributed by atoms with Crippen LogP contribution in [0.25, 0.3) is 0 Å². The van der Waals surface area contributed by atoms with Gasteiger partial charge in [0.1, 0.15) is 0 Å². The monoisotopic (exact) mass is 217 g/mol. The zero-order chi connectivity index (χ0) is 7.15. The van der Waals surface area contributed by atoms with Gasteiger partial charge in [0.2, 0.25) is 0 Å². The quantitative estimate of drug-likeness (QED) is 0.305. The van der Waals surface area contributed by atoms with Gasteiger partial charge < -0.3 is 30.6 Å². The van der Waals surface area contributed by atoms with Crippen molar-refractivity contribution in [1.82, 2.24) is 0 Å². The molecular formula is N2NbO6. The van der Waals surface area contributed by atoms with Crippen molar-refractivity contribution in [3.8, 4) is 0 Å². The first-order valence-electron chi connectivity index (χ1n) is 1.10. The van der Waals surface area contributed by atoms with Crippen molar-refractivity contribution in [3.63, 3.8) is 0 Å². The fourth-order valence-electron chi connectivity index (χ4n) is 0. The molecule has 9 heteroatoms. The minimum Gasteiger partial charge on any atom is -0.356 e. The van der Waals surface area contributed by atoms with Gasteiger partial charge in [-0.1, -0.05) is 0 Å². The summed E-state index contributed by atoms with van der Waals surface area (Å²) in [5, 5.41) is 29.5. The molecule has 0 aliphatic heterocycles. The molecule has 0 heterocycles. The molecule has 0 saturated heterocycles. The molecule has 0 aromatic heterocycles. The fraction of sp³-hybridized carbons (Fsp3) is 0. The van der Waals surface area contributed by atoms with E-state index in [0.29, 0.717) is 0 Å². The zero-order valence-corrected chi connectivity index (χ0v) is 5.99. The van der Waals surface area contributed by atoms with Crippen LogP contribution in [0.1, 0.15) is 0 Å². The Morgan fingerprint density at radius 2 is 0.778 bits per heavy atom. The van der Waals surface area contributed by atoms with E-state index in [2.05, 4.69) is 0 Å². The molecule has 0 rings (SSSR count). The van der Waals surface area contributed by atoms with Crippen LogP contribution in [-0.2, 0) is 22.4 Å². The van der Waals surface area contributed by atoms with Crippen molar-refractivity contribution in [2.24, 2.45) is 0 Å². The molecule has 0 amide bonds. The second-order valence-electron chi connectivity index (χ2n) is 0.447. The minimum absolute atomic E-state index is 0. The van der Waals surface area contributed by atoms with Crippen LogP contribution in [0.5, 0.6) is 0 Å². The molecule has 9 heavy (non-hydrogen) atoms. The summed E-state index contributed by atoms with van der Waals surface area (Å²) in [4.78, 5) is 16.5. The Morgan fingerprint density at radius 3 is 0.778 bits per heavy atom. The first-order chi connectivity index (χ1) is 3.46. The molecule has 0 bridgehead atoms. The second kappa shape index (κ2) is 10.2. The van der Waals surface area contributed by atoms with Gasteiger partial charge in [-0.25, -0.2) is 0 Å². The maximum atomic E-state index is 8.25. The third kappa shape index (κ3) is 255.